The molecule has 1 rings (SSSR count). The summed E-state index contributed by atoms with van der Waals surface area (Å²) in [5.74, 6) is -0.725. The molecule has 0 radical (unpaired) electrons. The molecule has 102 valence electrons. The van der Waals surface area contributed by atoms with E-state index in [1.165, 1.54) is 12.1 Å². The van der Waals surface area contributed by atoms with E-state index in [9.17, 15) is 4.39 Å². The van der Waals surface area contributed by atoms with Crippen molar-refractivity contribution in [1.82, 2.24) is 0 Å². The minimum absolute atomic E-state index is 0.0174. The minimum atomic E-state index is -0.512. The van der Waals surface area contributed by atoms with Crippen LogP contribution in [-0.2, 0) is 4.74 Å². The fourth-order valence-electron chi connectivity index (χ4n) is 1.59. The van der Waals surface area contributed by atoms with Gasteiger partial charge in [0.15, 0.2) is 11.6 Å². The Hall–Kier alpha value is -1.88. The largest absolute Gasteiger partial charge is 0.482 e. The van der Waals surface area contributed by atoms with Gasteiger partial charge in [-0.1, -0.05) is 17.7 Å². The average Bonchev–Trinajstić information content (AvgIpc) is 2.30. The number of benzene rings is 1. The Labute approximate surface area is 116 Å². The molecule has 0 bridgehead atoms. The number of hydrogen-bond acceptors (Lipinski definition) is 3. The molecular weight excluding hydrogens is 269 g/mol. The number of hydrogen-bond donors (Lipinski definition) is 3. The maximum absolute atomic E-state index is 13.2. The van der Waals surface area contributed by atoms with Crippen LogP contribution in [0.4, 0.5) is 4.39 Å². The molecule has 0 heterocycles. The highest BCUT2D eigenvalue weighted by Gasteiger charge is 2.14. The molecule has 0 fully saturated rings. The third kappa shape index (κ3) is 4.37. The predicted octanol–water partition coefficient (Wildman–Crippen LogP) is 3.25. The zero-order valence-electron chi connectivity index (χ0n) is 10.6. The van der Waals surface area contributed by atoms with Gasteiger partial charge in [0.25, 0.3) is 0 Å². The lowest BCUT2D eigenvalue weighted by molar-refractivity contribution is 0.147. The van der Waals surface area contributed by atoms with Gasteiger partial charge in [-0.05, 0) is 37.1 Å². The summed E-state index contributed by atoms with van der Waals surface area (Å²) in [6.45, 7) is 3.53. The van der Waals surface area contributed by atoms with Gasteiger partial charge >= 0.3 is 0 Å². The second-order valence-corrected chi connectivity index (χ2v) is 4.44. The topological polar surface area (TPSA) is 83.0 Å². The number of aryl methyl sites for hydroxylation is 1. The molecule has 1 atom stereocenters. The summed E-state index contributed by atoms with van der Waals surface area (Å²) in [7, 11) is 0. The summed E-state index contributed by atoms with van der Waals surface area (Å²) in [6, 6.07) is 4.37. The lowest BCUT2D eigenvalue weighted by atomic mass is 10.0. The molecular formula is C13H15ClFN3O. The Bertz CT molecular complexity index is 543. The average molecular weight is 284 g/mol. The lowest BCUT2D eigenvalue weighted by Crippen LogP contribution is -2.18. The van der Waals surface area contributed by atoms with Crippen LogP contribution in [0.1, 0.15) is 24.2 Å². The van der Waals surface area contributed by atoms with Crippen molar-refractivity contribution in [2.45, 2.75) is 20.0 Å². The summed E-state index contributed by atoms with van der Waals surface area (Å²) >= 11 is 5.42. The van der Waals surface area contributed by atoms with Crippen LogP contribution in [0.5, 0.6) is 0 Å². The van der Waals surface area contributed by atoms with E-state index in [-0.39, 0.29) is 22.6 Å². The van der Waals surface area contributed by atoms with Crippen molar-refractivity contribution in [3.05, 3.63) is 47.0 Å². The van der Waals surface area contributed by atoms with Crippen LogP contribution in [0.2, 0.25) is 0 Å². The van der Waals surface area contributed by atoms with Gasteiger partial charge in [-0.15, -0.1) is 0 Å². The number of nitrogens with one attached hydrogen (secondary N) is 2. The second-order valence-electron chi connectivity index (χ2n) is 4.03. The molecule has 0 saturated carbocycles. The van der Waals surface area contributed by atoms with Crippen molar-refractivity contribution in [3.8, 4) is 0 Å². The van der Waals surface area contributed by atoms with Gasteiger partial charge in [-0.2, -0.15) is 0 Å². The number of ether oxygens (including phenoxy) is 1. The first kappa shape index (κ1) is 15.2. The Kier molecular flexibility index (Phi) is 5.06. The molecule has 4 N–H and O–H groups in total. The highest BCUT2D eigenvalue weighted by Crippen LogP contribution is 2.24. The molecule has 4 nitrogen and oxygen atoms in total. The van der Waals surface area contributed by atoms with E-state index in [1.54, 1.807) is 13.0 Å². The van der Waals surface area contributed by atoms with Crippen molar-refractivity contribution in [2.24, 2.45) is 5.73 Å². The zero-order valence-corrected chi connectivity index (χ0v) is 11.4. The van der Waals surface area contributed by atoms with Crippen molar-refractivity contribution in [3.63, 3.8) is 0 Å². The highest BCUT2D eigenvalue weighted by atomic mass is 35.5. The SMILES string of the molecule is Cc1ccc(F)cc1C(C)O/C(=C/C(=N)Cl)C(=N)N. The molecule has 0 saturated heterocycles. The summed E-state index contributed by atoms with van der Waals surface area (Å²) < 4.78 is 18.7. The first-order valence-corrected chi connectivity index (χ1v) is 5.92. The quantitative estimate of drug-likeness (QED) is 0.440. The molecule has 0 aliphatic rings. The Morgan fingerprint density at radius 3 is 2.63 bits per heavy atom. The van der Waals surface area contributed by atoms with Gasteiger partial charge in [-0.3, -0.25) is 10.8 Å². The van der Waals surface area contributed by atoms with Gasteiger partial charge in [0.05, 0.1) is 0 Å². The molecule has 1 aromatic rings. The van der Waals surface area contributed by atoms with Gasteiger partial charge < -0.3 is 10.5 Å². The number of nitrogens with two attached hydrogens (primary N) is 1. The van der Waals surface area contributed by atoms with Crippen LogP contribution in [0.3, 0.4) is 0 Å². The van der Waals surface area contributed by atoms with Gasteiger partial charge in [0.1, 0.15) is 17.1 Å². The van der Waals surface area contributed by atoms with E-state index >= 15 is 0 Å². The van der Waals surface area contributed by atoms with Crippen LogP contribution in [0.15, 0.2) is 30.0 Å². The number of allylic oxidation sites excluding steroid dienone is 1. The zero-order chi connectivity index (χ0) is 14.6. The van der Waals surface area contributed by atoms with E-state index in [4.69, 9.17) is 32.9 Å². The molecule has 0 aliphatic carbocycles. The fraction of sp³-hybridized carbons (Fsp3) is 0.231. The third-order valence-corrected chi connectivity index (χ3v) is 2.62. The van der Waals surface area contributed by atoms with E-state index in [0.717, 1.165) is 11.6 Å². The van der Waals surface area contributed by atoms with Gasteiger partial charge in [0, 0.05) is 6.08 Å². The van der Waals surface area contributed by atoms with Crippen molar-refractivity contribution < 1.29 is 9.13 Å². The van der Waals surface area contributed by atoms with Crippen LogP contribution >= 0.6 is 11.6 Å². The van der Waals surface area contributed by atoms with Crippen LogP contribution in [0, 0.1) is 23.6 Å². The first-order chi connectivity index (χ1) is 8.81. The summed E-state index contributed by atoms with van der Waals surface area (Å²) in [5, 5.41) is 14.2. The molecule has 1 aromatic carbocycles. The summed E-state index contributed by atoms with van der Waals surface area (Å²) in [5.41, 5.74) is 6.85. The maximum Gasteiger partial charge on any atom is 0.164 e. The first-order valence-electron chi connectivity index (χ1n) is 5.54. The highest BCUT2D eigenvalue weighted by molar-refractivity contribution is 6.67. The van der Waals surface area contributed by atoms with Crippen LogP contribution < -0.4 is 5.73 Å². The van der Waals surface area contributed by atoms with E-state index in [0.29, 0.717) is 5.56 Å². The molecule has 0 amide bonds. The number of amidine groups is 1. The monoisotopic (exact) mass is 283 g/mol. The second kappa shape index (κ2) is 6.33. The van der Waals surface area contributed by atoms with Crippen molar-refractivity contribution in [2.75, 3.05) is 0 Å². The summed E-state index contributed by atoms with van der Waals surface area (Å²) in [4.78, 5) is 0. The van der Waals surface area contributed by atoms with E-state index in [1.807, 2.05) is 6.92 Å². The third-order valence-electron chi connectivity index (χ3n) is 2.51. The molecule has 6 heteroatoms. The molecule has 19 heavy (non-hydrogen) atoms. The Balaban J connectivity index is 3.00. The van der Waals surface area contributed by atoms with Crippen LogP contribution in [-0.4, -0.2) is 11.0 Å². The van der Waals surface area contributed by atoms with Crippen molar-refractivity contribution in [1.29, 1.82) is 10.8 Å². The fourth-order valence-corrected chi connectivity index (χ4v) is 1.69. The van der Waals surface area contributed by atoms with Gasteiger partial charge in [-0.25, -0.2) is 4.39 Å². The predicted molar refractivity (Wildman–Crippen MR) is 74.2 cm³/mol. The van der Waals surface area contributed by atoms with Gasteiger partial charge in [0.2, 0.25) is 0 Å². The number of rotatable bonds is 5. The Morgan fingerprint density at radius 1 is 1.47 bits per heavy atom. The van der Waals surface area contributed by atoms with E-state index in [2.05, 4.69) is 0 Å². The Morgan fingerprint density at radius 2 is 2.11 bits per heavy atom. The minimum Gasteiger partial charge on any atom is -0.482 e. The molecule has 1 unspecified atom stereocenters. The number of halogens is 2. The lowest BCUT2D eigenvalue weighted by Gasteiger charge is -2.18. The summed E-state index contributed by atoms with van der Waals surface area (Å²) in [6.07, 6.45) is 0.622. The van der Waals surface area contributed by atoms with E-state index < -0.39 is 6.10 Å². The standard InChI is InChI=1S/C13H15ClFN3O/c1-7-3-4-9(15)5-10(7)8(2)19-11(13(17)18)6-12(14)16/h3-6,8,16H,1-2H3,(H3,17,18)/b11-6+,16-12?. The molecule has 0 aliphatic heterocycles. The molecule has 0 spiro atoms. The van der Waals surface area contributed by atoms with Crippen molar-refractivity contribution >= 4 is 22.6 Å². The smallest absolute Gasteiger partial charge is 0.164 e. The van der Waals surface area contributed by atoms with Crippen LogP contribution in [0.25, 0.3) is 0 Å². The molecule has 0 aromatic heterocycles. The normalized spacial score (nSPS) is 12.9. The maximum atomic E-state index is 13.2.